The van der Waals surface area contributed by atoms with Crippen LogP contribution in [0.15, 0.2) is 0 Å². The van der Waals surface area contributed by atoms with Crippen molar-refractivity contribution in [1.29, 1.82) is 0 Å². The molecule has 0 saturated heterocycles. The highest BCUT2D eigenvalue weighted by atomic mass is 16.3. The molecule has 1 aromatic heterocycles. The molecule has 1 unspecified atom stereocenters. The van der Waals surface area contributed by atoms with Crippen molar-refractivity contribution in [3.63, 3.8) is 0 Å². The van der Waals surface area contributed by atoms with E-state index in [0.29, 0.717) is 25.3 Å². The van der Waals surface area contributed by atoms with Crippen molar-refractivity contribution in [2.45, 2.75) is 60.1 Å². The highest BCUT2D eigenvalue weighted by Gasteiger charge is 2.15. The number of carbonyl (C=O) groups excluding carboxylic acids is 1. The predicted molar refractivity (Wildman–Crippen MR) is 79.6 cm³/mol. The van der Waals surface area contributed by atoms with Crippen LogP contribution in [-0.4, -0.2) is 33.4 Å². The lowest BCUT2D eigenvalue weighted by Gasteiger charge is -2.09. The summed E-state index contributed by atoms with van der Waals surface area (Å²) in [4.78, 5) is 11.9. The molecule has 1 heterocycles. The summed E-state index contributed by atoms with van der Waals surface area (Å²) in [5.74, 6) is 0.515. The second kappa shape index (κ2) is 7.43. The fraction of sp³-hybridized carbons (Fsp3) is 0.733. The minimum Gasteiger partial charge on any atom is -0.393 e. The maximum atomic E-state index is 11.9. The standard InChI is InChI=1S/C15H27N3O2/c1-10(2)9-18-13(5)14(12(4)17-18)8-15(20)16-7-6-11(3)19/h10-11,19H,6-9H2,1-5H3,(H,16,20). The third-order valence-corrected chi connectivity index (χ3v) is 3.29. The summed E-state index contributed by atoms with van der Waals surface area (Å²) in [7, 11) is 0. The lowest BCUT2D eigenvalue weighted by molar-refractivity contribution is -0.120. The van der Waals surface area contributed by atoms with Crippen LogP contribution in [0.3, 0.4) is 0 Å². The van der Waals surface area contributed by atoms with Crippen LogP contribution in [0.25, 0.3) is 0 Å². The molecular formula is C15H27N3O2. The second-order valence-electron chi connectivity index (χ2n) is 5.89. The highest BCUT2D eigenvalue weighted by molar-refractivity contribution is 5.79. The maximum Gasteiger partial charge on any atom is 0.224 e. The van der Waals surface area contributed by atoms with Crippen LogP contribution in [0.2, 0.25) is 0 Å². The van der Waals surface area contributed by atoms with Gasteiger partial charge in [0.1, 0.15) is 0 Å². The maximum absolute atomic E-state index is 11.9. The van der Waals surface area contributed by atoms with Gasteiger partial charge in [-0.3, -0.25) is 9.48 Å². The van der Waals surface area contributed by atoms with Crippen molar-refractivity contribution < 1.29 is 9.90 Å². The van der Waals surface area contributed by atoms with Crippen molar-refractivity contribution in [3.8, 4) is 0 Å². The van der Waals surface area contributed by atoms with Crippen molar-refractivity contribution in [3.05, 3.63) is 17.0 Å². The Bertz CT molecular complexity index is 450. The molecule has 114 valence electrons. The van der Waals surface area contributed by atoms with E-state index in [-0.39, 0.29) is 12.0 Å². The smallest absolute Gasteiger partial charge is 0.224 e. The number of aryl methyl sites for hydroxylation is 1. The summed E-state index contributed by atoms with van der Waals surface area (Å²) >= 11 is 0. The number of carbonyl (C=O) groups is 1. The lowest BCUT2D eigenvalue weighted by atomic mass is 10.1. The minimum atomic E-state index is -0.382. The number of hydrogen-bond acceptors (Lipinski definition) is 3. The van der Waals surface area contributed by atoms with Gasteiger partial charge in [0.2, 0.25) is 5.91 Å². The van der Waals surface area contributed by atoms with Gasteiger partial charge in [-0.15, -0.1) is 0 Å². The van der Waals surface area contributed by atoms with Crippen LogP contribution in [0.4, 0.5) is 0 Å². The Labute approximate surface area is 121 Å². The summed E-state index contributed by atoms with van der Waals surface area (Å²) in [6.07, 6.45) is 0.555. The molecule has 5 heteroatoms. The summed E-state index contributed by atoms with van der Waals surface area (Å²) in [6, 6.07) is 0. The van der Waals surface area contributed by atoms with Crippen LogP contribution in [0.5, 0.6) is 0 Å². The zero-order chi connectivity index (χ0) is 15.3. The Hall–Kier alpha value is -1.36. The zero-order valence-electron chi connectivity index (χ0n) is 13.2. The van der Waals surface area contributed by atoms with Crippen molar-refractivity contribution in [1.82, 2.24) is 15.1 Å². The molecule has 0 aromatic carbocycles. The first-order chi connectivity index (χ1) is 9.31. The van der Waals surface area contributed by atoms with Crippen LogP contribution in [0, 0.1) is 19.8 Å². The largest absolute Gasteiger partial charge is 0.393 e. The normalized spacial score (nSPS) is 12.8. The first kappa shape index (κ1) is 16.7. The summed E-state index contributed by atoms with van der Waals surface area (Å²) < 4.78 is 1.98. The first-order valence-corrected chi connectivity index (χ1v) is 7.28. The van der Waals surface area contributed by atoms with Gasteiger partial charge in [-0.2, -0.15) is 5.10 Å². The van der Waals surface area contributed by atoms with Crippen LogP contribution < -0.4 is 5.32 Å². The average molecular weight is 281 g/mol. The van der Waals surface area contributed by atoms with Gasteiger partial charge >= 0.3 is 0 Å². The van der Waals surface area contributed by atoms with Crippen LogP contribution >= 0.6 is 0 Å². The molecule has 0 aliphatic heterocycles. The number of nitrogens with one attached hydrogen (secondary N) is 1. The Balaban J connectivity index is 2.63. The third kappa shape index (κ3) is 4.96. The molecule has 0 spiro atoms. The predicted octanol–water partition coefficient (Wildman–Crippen LogP) is 1.59. The van der Waals surface area contributed by atoms with E-state index in [2.05, 4.69) is 24.3 Å². The van der Waals surface area contributed by atoms with Crippen molar-refractivity contribution >= 4 is 5.91 Å². The van der Waals surface area contributed by atoms with E-state index >= 15 is 0 Å². The van der Waals surface area contributed by atoms with Gasteiger partial charge in [-0.05, 0) is 33.1 Å². The Morgan fingerprint density at radius 3 is 2.55 bits per heavy atom. The number of aliphatic hydroxyl groups is 1. The zero-order valence-corrected chi connectivity index (χ0v) is 13.2. The highest BCUT2D eigenvalue weighted by Crippen LogP contribution is 2.15. The van der Waals surface area contributed by atoms with Gasteiger partial charge in [0.15, 0.2) is 0 Å². The van der Waals surface area contributed by atoms with Crippen molar-refractivity contribution in [2.24, 2.45) is 5.92 Å². The molecule has 0 fully saturated rings. The van der Waals surface area contributed by atoms with E-state index in [0.717, 1.165) is 23.5 Å². The number of nitrogens with zero attached hydrogens (tertiary/aromatic N) is 2. The number of rotatable bonds is 7. The lowest BCUT2D eigenvalue weighted by Crippen LogP contribution is -2.28. The van der Waals surface area contributed by atoms with E-state index < -0.39 is 0 Å². The molecule has 1 rings (SSSR count). The van der Waals surface area contributed by atoms with E-state index in [1.807, 2.05) is 18.5 Å². The van der Waals surface area contributed by atoms with E-state index in [1.165, 1.54) is 0 Å². The van der Waals surface area contributed by atoms with Gasteiger partial charge in [0.05, 0.1) is 18.2 Å². The number of aromatic nitrogens is 2. The molecular weight excluding hydrogens is 254 g/mol. The number of aliphatic hydroxyl groups excluding tert-OH is 1. The van der Waals surface area contributed by atoms with Gasteiger partial charge in [-0.25, -0.2) is 0 Å². The van der Waals surface area contributed by atoms with Crippen LogP contribution in [0.1, 0.15) is 44.1 Å². The fourth-order valence-corrected chi connectivity index (χ4v) is 2.16. The molecule has 0 radical (unpaired) electrons. The van der Waals surface area contributed by atoms with Crippen LogP contribution in [-0.2, 0) is 17.8 Å². The van der Waals surface area contributed by atoms with E-state index in [9.17, 15) is 4.79 Å². The Kier molecular flexibility index (Phi) is 6.20. The molecule has 1 atom stereocenters. The Morgan fingerprint density at radius 1 is 1.35 bits per heavy atom. The molecule has 0 saturated carbocycles. The summed E-state index contributed by atoms with van der Waals surface area (Å²) in [5, 5.41) is 16.5. The van der Waals surface area contributed by atoms with Gasteiger partial charge in [-0.1, -0.05) is 13.8 Å². The molecule has 1 amide bonds. The third-order valence-electron chi connectivity index (χ3n) is 3.29. The topological polar surface area (TPSA) is 67.2 Å². The van der Waals surface area contributed by atoms with Gasteiger partial charge in [0, 0.05) is 24.3 Å². The molecule has 0 aliphatic carbocycles. The molecule has 2 N–H and O–H groups in total. The molecule has 1 aromatic rings. The molecule has 20 heavy (non-hydrogen) atoms. The quantitative estimate of drug-likeness (QED) is 0.797. The molecule has 0 aliphatic rings. The Morgan fingerprint density at radius 2 is 2.00 bits per heavy atom. The minimum absolute atomic E-state index is 0.0130. The fourth-order valence-electron chi connectivity index (χ4n) is 2.16. The average Bonchev–Trinajstić information content (AvgIpc) is 2.55. The number of hydrogen-bond donors (Lipinski definition) is 2. The summed E-state index contributed by atoms with van der Waals surface area (Å²) in [6.45, 7) is 11.4. The van der Waals surface area contributed by atoms with Crippen molar-refractivity contribution in [2.75, 3.05) is 6.54 Å². The van der Waals surface area contributed by atoms with Gasteiger partial charge in [0.25, 0.3) is 0 Å². The first-order valence-electron chi connectivity index (χ1n) is 7.28. The SMILES string of the molecule is Cc1nn(CC(C)C)c(C)c1CC(=O)NCCC(C)O. The number of amides is 1. The second-order valence-corrected chi connectivity index (χ2v) is 5.89. The summed E-state index contributed by atoms with van der Waals surface area (Å²) in [5.41, 5.74) is 3.01. The van der Waals surface area contributed by atoms with E-state index in [1.54, 1.807) is 6.92 Å². The monoisotopic (exact) mass is 281 g/mol. The van der Waals surface area contributed by atoms with Gasteiger partial charge < -0.3 is 10.4 Å². The van der Waals surface area contributed by atoms with E-state index in [4.69, 9.17) is 5.11 Å². The molecule has 5 nitrogen and oxygen atoms in total. The molecule has 0 bridgehead atoms.